The van der Waals surface area contributed by atoms with Gasteiger partial charge in [-0.05, 0) is 24.6 Å². The zero-order valence-electron chi connectivity index (χ0n) is 10.8. The van der Waals surface area contributed by atoms with Gasteiger partial charge >= 0.3 is 0 Å². The first-order chi connectivity index (χ1) is 9.61. The van der Waals surface area contributed by atoms with Crippen molar-refractivity contribution in [2.45, 2.75) is 13.3 Å². The van der Waals surface area contributed by atoms with Gasteiger partial charge in [-0.3, -0.25) is 4.79 Å². The van der Waals surface area contributed by atoms with Crippen LogP contribution in [-0.4, -0.2) is 33.8 Å². The first-order valence-electron chi connectivity index (χ1n) is 6.08. The number of rotatable bonds is 5. The molecule has 1 aliphatic rings. The first-order valence-corrected chi connectivity index (χ1v) is 8.26. The molecule has 1 saturated heterocycles. The van der Waals surface area contributed by atoms with E-state index in [9.17, 15) is 4.79 Å². The van der Waals surface area contributed by atoms with E-state index in [1.807, 2.05) is 25.1 Å². The van der Waals surface area contributed by atoms with Crippen LogP contribution in [-0.2, 0) is 4.79 Å². The monoisotopic (exact) mass is 372 g/mol. The number of amides is 1. The minimum Gasteiger partial charge on any atom is -0.493 e. The Balaban J connectivity index is 2.20. The quantitative estimate of drug-likeness (QED) is 0.586. The van der Waals surface area contributed by atoms with E-state index in [4.69, 9.17) is 17.0 Å². The maximum atomic E-state index is 11.6. The number of carbonyl (C=O) groups is 1. The molecule has 7 heteroatoms. The SMILES string of the molecule is CCCOc1ccc(Br)cc1/C=N/N1C(=O)CSC1=S. The minimum absolute atomic E-state index is 0.0951. The van der Waals surface area contributed by atoms with Crippen molar-refractivity contribution >= 4 is 56.4 Å². The molecule has 0 saturated carbocycles. The molecule has 106 valence electrons. The van der Waals surface area contributed by atoms with Gasteiger partial charge in [0.15, 0.2) is 4.32 Å². The average molecular weight is 373 g/mol. The van der Waals surface area contributed by atoms with Gasteiger partial charge in [0.25, 0.3) is 5.91 Å². The number of hydrogen-bond acceptors (Lipinski definition) is 5. The van der Waals surface area contributed by atoms with E-state index >= 15 is 0 Å². The number of halogens is 1. The molecule has 0 bridgehead atoms. The van der Waals surface area contributed by atoms with Gasteiger partial charge in [0.05, 0.1) is 18.6 Å². The number of hydrazone groups is 1. The molecule has 1 aromatic carbocycles. The van der Waals surface area contributed by atoms with Crippen molar-refractivity contribution in [3.05, 3.63) is 28.2 Å². The Morgan fingerprint density at radius 1 is 1.60 bits per heavy atom. The van der Waals surface area contributed by atoms with Crippen LogP contribution >= 0.6 is 39.9 Å². The topological polar surface area (TPSA) is 41.9 Å². The average Bonchev–Trinajstić information content (AvgIpc) is 2.75. The number of ether oxygens (including phenoxy) is 1. The normalized spacial score (nSPS) is 15.4. The minimum atomic E-state index is -0.0951. The largest absolute Gasteiger partial charge is 0.493 e. The highest BCUT2D eigenvalue weighted by atomic mass is 79.9. The van der Waals surface area contributed by atoms with Gasteiger partial charge in [0.1, 0.15) is 5.75 Å². The molecular weight excluding hydrogens is 360 g/mol. The lowest BCUT2D eigenvalue weighted by atomic mass is 10.2. The molecule has 0 N–H and O–H groups in total. The van der Waals surface area contributed by atoms with Crippen LogP contribution in [0.4, 0.5) is 0 Å². The summed E-state index contributed by atoms with van der Waals surface area (Å²) >= 11 is 9.81. The lowest BCUT2D eigenvalue weighted by Crippen LogP contribution is -2.22. The van der Waals surface area contributed by atoms with Gasteiger partial charge < -0.3 is 4.74 Å². The fraction of sp³-hybridized carbons (Fsp3) is 0.308. The summed E-state index contributed by atoms with van der Waals surface area (Å²) in [5.74, 6) is 1.000. The number of hydrogen-bond donors (Lipinski definition) is 0. The van der Waals surface area contributed by atoms with E-state index in [-0.39, 0.29) is 5.91 Å². The van der Waals surface area contributed by atoms with Crippen LogP contribution in [0.15, 0.2) is 27.8 Å². The Morgan fingerprint density at radius 3 is 3.05 bits per heavy atom. The Labute approximate surface area is 135 Å². The second-order valence-corrected chi connectivity index (χ2v) is 6.56. The van der Waals surface area contributed by atoms with Gasteiger partial charge in [0.2, 0.25) is 0 Å². The van der Waals surface area contributed by atoms with E-state index in [0.29, 0.717) is 16.7 Å². The molecule has 20 heavy (non-hydrogen) atoms. The van der Waals surface area contributed by atoms with Crippen LogP contribution in [0.2, 0.25) is 0 Å². The molecule has 1 amide bonds. The molecule has 0 radical (unpaired) electrons. The lowest BCUT2D eigenvalue weighted by molar-refractivity contribution is -0.123. The fourth-order valence-electron chi connectivity index (χ4n) is 1.54. The number of benzene rings is 1. The van der Waals surface area contributed by atoms with Crippen molar-refractivity contribution in [1.82, 2.24) is 5.01 Å². The molecule has 1 heterocycles. The second kappa shape index (κ2) is 7.19. The maximum absolute atomic E-state index is 11.6. The summed E-state index contributed by atoms with van der Waals surface area (Å²) in [6.45, 7) is 2.69. The van der Waals surface area contributed by atoms with Crippen molar-refractivity contribution in [3.8, 4) is 5.75 Å². The van der Waals surface area contributed by atoms with Crippen molar-refractivity contribution in [2.24, 2.45) is 5.10 Å². The third-order valence-corrected chi connectivity index (χ3v) is 4.31. The van der Waals surface area contributed by atoms with Crippen molar-refractivity contribution < 1.29 is 9.53 Å². The second-order valence-electron chi connectivity index (χ2n) is 4.04. The Kier molecular flexibility index (Phi) is 5.56. The summed E-state index contributed by atoms with van der Waals surface area (Å²) < 4.78 is 7.06. The third kappa shape index (κ3) is 3.80. The highest BCUT2D eigenvalue weighted by Crippen LogP contribution is 2.23. The number of carbonyl (C=O) groups excluding carboxylic acids is 1. The molecule has 1 aromatic rings. The van der Waals surface area contributed by atoms with E-state index in [1.54, 1.807) is 6.21 Å². The van der Waals surface area contributed by atoms with Crippen molar-refractivity contribution in [3.63, 3.8) is 0 Å². The van der Waals surface area contributed by atoms with Crippen LogP contribution in [0.25, 0.3) is 0 Å². The molecule has 4 nitrogen and oxygen atoms in total. The number of thioether (sulfide) groups is 1. The predicted octanol–water partition coefficient (Wildman–Crippen LogP) is 3.43. The summed E-state index contributed by atoms with van der Waals surface area (Å²) in [5, 5.41) is 5.42. The first kappa shape index (κ1) is 15.5. The van der Waals surface area contributed by atoms with Gasteiger partial charge in [-0.15, -0.1) is 0 Å². The molecule has 0 aliphatic carbocycles. The van der Waals surface area contributed by atoms with E-state index in [2.05, 4.69) is 21.0 Å². The third-order valence-electron chi connectivity index (χ3n) is 2.47. The molecule has 0 unspecified atom stereocenters. The smallest absolute Gasteiger partial charge is 0.259 e. The summed E-state index contributed by atoms with van der Waals surface area (Å²) in [4.78, 5) is 11.6. The molecule has 0 aromatic heterocycles. The molecule has 1 fully saturated rings. The van der Waals surface area contributed by atoms with Crippen molar-refractivity contribution in [1.29, 1.82) is 0 Å². The van der Waals surface area contributed by atoms with E-state index in [0.717, 1.165) is 22.2 Å². The van der Waals surface area contributed by atoms with E-state index in [1.165, 1.54) is 16.8 Å². The van der Waals surface area contributed by atoms with Gasteiger partial charge in [0, 0.05) is 10.0 Å². The van der Waals surface area contributed by atoms with Crippen LogP contribution in [0.3, 0.4) is 0 Å². The summed E-state index contributed by atoms with van der Waals surface area (Å²) in [6.07, 6.45) is 2.53. The summed E-state index contributed by atoms with van der Waals surface area (Å²) in [7, 11) is 0. The maximum Gasteiger partial charge on any atom is 0.259 e. The molecule has 1 aliphatic heterocycles. The van der Waals surface area contributed by atoms with Gasteiger partial charge in [-0.1, -0.05) is 46.8 Å². The number of thiocarbonyl (C=S) groups is 1. The van der Waals surface area contributed by atoms with Gasteiger partial charge in [-0.25, -0.2) is 0 Å². The predicted molar refractivity (Wildman–Crippen MR) is 89.4 cm³/mol. The molecule has 0 atom stereocenters. The van der Waals surface area contributed by atoms with Gasteiger partial charge in [-0.2, -0.15) is 10.1 Å². The van der Waals surface area contributed by atoms with Crippen molar-refractivity contribution in [2.75, 3.05) is 12.4 Å². The van der Waals surface area contributed by atoms with Crippen LogP contribution in [0.1, 0.15) is 18.9 Å². The van der Waals surface area contributed by atoms with E-state index < -0.39 is 0 Å². The lowest BCUT2D eigenvalue weighted by Gasteiger charge is -2.10. The Hall–Kier alpha value is -0.920. The molecule has 0 spiro atoms. The zero-order valence-corrected chi connectivity index (χ0v) is 14.1. The highest BCUT2D eigenvalue weighted by molar-refractivity contribution is 9.10. The summed E-state index contributed by atoms with van der Waals surface area (Å²) in [5.41, 5.74) is 0.806. The standard InChI is InChI=1S/C13H13BrN2O2S2/c1-2-5-18-11-4-3-10(14)6-9(11)7-15-16-12(17)8-20-13(16)19/h3-4,6-7H,2,5,8H2,1H3/b15-7+. The number of nitrogens with zero attached hydrogens (tertiary/aromatic N) is 2. The van der Waals surface area contributed by atoms with Crippen LogP contribution in [0, 0.1) is 0 Å². The Morgan fingerprint density at radius 2 is 2.40 bits per heavy atom. The zero-order chi connectivity index (χ0) is 14.5. The van der Waals surface area contributed by atoms with Crippen LogP contribution in [0.5, 0.6) is 5.75 Å². The highest BCUT2D eigenvalue weighted by Gasteiger charge is 2.26. The fourth-order valence-corrected chi connectivity index (χ4v) is 2.89. The van der Waals surface area contributed by atoms with Crippen LogP contribution < -0.4 is 4.74 Å². The Bertz CT molecular complexity index is 547. The molecular formula is C13H13BrN2O2S2. The summed E-state index contributed by atoms with van der Waals surface area (Å²) in [6, 6.07) is 5.68. The molecule has 2 rings (SSSR count).